The lowest BCUT2D eigenvalue weighted by atomic mass is 10.0. The van der Waals surface area contributed by atoms with Gasteiger partial charge in [0.05, 0.1) is 11.3 Å². The average molecular weight is 284 g/mol. The number of hydrogen-bond donors (Lipinski definition) is 1. The minimum atomic E-state index is -4.70. The van der Waals surface area contributed by atoms with Gasteiger partial charge in [-0.05, 0) is 24.3 Å². The molecule has 0 aliphatic rings. The number of alkyl halides is 3. The first-order chi connectivity index (χ1) is 9.30. The second kappa shape index (κ2) is 4.92. The lowest BCUT2D eigenvalue weighted by Gasteiger charge is -2.11. The van der Waals surface area contributed by atoms with E-state index in [4.69, 9.17) is 5.73 Å². The molecule has 1 aromatic heterocycles. The predicted octanol–water partition coefficient (Wildman–Crippen LogP) is 3.01. The highest BCUT2D eigenvalue weighted by Gasteiger charge is 2.33. The number of aromatic nitrogens is 1. The molecule has 1 heterocycles. The topological polar surface area (TPSA) is 56.0 Å². The van der Waals surface area contributed by atoms with Crippen LogP contribution in [0.3, 0.4) is 0 Å². The molecule has 7 heteroatoms. The van der Waals surface area contributed by atoms with Gasteiger partial charge in [0.2, 0.25) is 0 Å². The molecule has 2 rings (SSSR count). The molecule has 3 nitrogen and oxygen atoms in total. The van der Waals surface area contributed by atoms with Crippen LogP contribution in [0.15, 0.2) is 36.4 Å². The fourth-order valence-corrected chi connectivity index (χ4v) is 1.67. The summed E-state index contributed by atoms with van der Waals surface area (Å²) in [7, 11) is 0. The Kier molecular flexibility index (Phi) is 3.44. The minimum absolute atomic E-state index is 0.215. The van der Waals surface area contributed by atoms with Gasteiger partial charge in [-0.25, -0.2) is 9.37 Å². The van der Waals surface area contributed by atoms with E-state index >= 15 is 0 Å². The summed E-state index contributed by atoms with van der Waals surface area (Å²) in [4.78, 5) is 14.6. The molecule has 20 heavy (non-hydrogen) atoms. The molecule has 1 amide bonds. The highest BCUT2D eigenvalue weighted by molar-refractivity contribution is 5.98. The maximum absolute atomic E-state index is 13.7. The van der Waals surface area contributed by atoms with Crippen molar-refractivity contribution >= 4 is 5.91 Å². The lowest BCUT2D eigenvalue weighted by molar-refractivity contribution is -0.141. The molecule has 1 aromatic carbocycles. The first kappa shape index (κ1) is 14.0. The van der Waals surface area contributed by atoms with E-state index in [1.165, 1.54) is 18.2 Å². The zero-order valence-corrected chi connectivity index (χ0v) is 9.91. The molecule has 0 atom stereocenters. The summed E-state index contributed by atoms with van der Waals surface area (Å²) >= 11 is 0. The molecule has 0 aliphatic heterocycles. The Morgan fingerprint density at radius 3 is 2.30 bits per heavy atom. The van der Waals surface area contributed by atoms with E-state index in [0.29, 0.717) is 6.07 Å². The molecular weight excluding hydrogens is 276 g/mol. The third-order valence-corrected chi connectivity index (χ3v) is 2.58. The van der Waals surface area contributed by atoms with E-state index in [1.54, 1.807) is 0 Å². The molecule has 2 N–H and O–H groups in total. The molecule has 0 radical (unpaired) electrons. The van der Waals surface area contributed by atoms with E-state index < -0.39 is 29.3 Å². The molecule has 0 unspecified atom stereocenters. The Balaban J connectivity index is 2.71. The first-order valence-electron chi connectivity index (χ1n) is 5.43. The number of hydrogen-bond acceptors (Lipinski definition) is 2. The fraction of sp³-hybridized carbons (Fsp3) is 0.0769. The number of nitrogens with two attached hydrogens (primary N) is 1. The van der Waals surface area contributed by atoms with Crippen molar-refractivity contribution in [3.05, 3.63) is 53.5 Å². The van der Waals surface area contributed by atoms with Crippen LogP contribution in [0.1, 0.15) is 16.1 Å². The second-order valence-corrected chi connectivity index (χ2v) is 3.93. The van der Waals surface area contributed by atoms with Gasteiger partial charge < -0.3 is 5.73 Å². The van der Waals surface area contributed by atoms with Gasteiger partial charge in [0.15, 0.2) is 0 Å². The van der Waals surface area contributed by atoms with Crippen molar-refractivity contribution < 1.29 is 22.4 Å². The van der Waals surface area contributed by atoms with Crippen LogP contribution in [0.25, 0.3) is 11.3 Å². The molecule has 0 aliphatic carbocycles. The third-order valence-electron chi connectivity index (χ3n) is 2.58. The molecule has 0 spiro atoms. The Bertz CT molecular complexity index is 668. The zero-order chi connectivity index (χ0) is 14.9. The molecule has 0 bridgehead atoms. The smallest absolute Gasteiger partial charge is 0.366 e. The number of amides is 1. The van der Waals surface area contributed by atoms with Crippen LogP contribution in [-0.4, -0.2) is 10.9 Å². The van der Waals surface area contributed by atoms with Crippen molar-refractivity contribution in [1.29, 1.82) is 0 Å². The van der Waals surface area contributed by atoms with Crippen molar-refractivity contribution in [2.75, 3.05) is 0 Å². The molecule has 2 aromatic rings. The number of nitrogens with zero attached hydrogens (tertiary/aromatic N) is 1. The Labute approximate surface area is 111 Å². The van der Waals surface area contributed by atoms with Gasteiger partial charge in [0.1, 0.15) is 11.5 Å². The number of benzene rings is 1. The van der Waals surface area contributed by atoms with Crippen LogP contribution in [0.2, 0.25) is 0 Å². The van der Waals surface area contributed by atoms with Gasteiger partial charge in [-0.15, -0.1) is 0 Å². The number of carbonyl (C=O) groups excluding carboxylic acids is 1. The SMILES string of the molecule is NC(=O)c1ccc(C(F)(F)F)nc1-c1ccccc1F. The quantitative estimate of drug-likeness (QED) is 0.862. The Morgan fingerprint density at radius 2 is 1.75 bits per heavy atom. The maximum Gasteiger partial charge on any atom is 0.433 e. The largest absolute Gasteiger partial charge is 0.433 e. The monoisotopic (exact) mass is 284 g/mol. The van der Waals surface area contributed by atoms with Gasteiger partial charge in [0.25, 0.3) is 5.91 Å². The zero-order valence-electron chi connectivity index (χ0n) is 9.91. The average Bonchev–Trinajstić information content (AvgIpc) is 2.37. The summed E-state index contributed by atoms with van der Waals surface area (Å²) in [6.07, 6.45) is -4.70. The predicted molar refractivity (Wildman–Crippen MR) is 63.2 cm³/mol. The highest BCUT2D eigenvalue weighted by atomic mass is 19.4. The molecule has 0 fully saturated rings. The lowest BCUT2D eigenvalue weighted by Crippen LogP contribution is -2.16. The van der Waals surface area contributed by atoms with Crippen molar-refractivity contribution in [2.24, 2.45) is 5.73 Å². The summed E-state index contributed by atoms with van der Waals surface area (Å²) in [5.74, 6) is -1.77. The van der Waals surface area contributed by atoms with Crippen molar-refractivity contribution in [1.82, 2.24) is 4.98 Å². The molecular formula is C13H8F4N2O. The van der Waals surface area contributed by atoms with E-state index in [1.807, 2.05) is 0 Å². The van der Waals surface area contributed by atoms with Crippen LogP contribution in [-0.2, 0) is 6.18 Å². The summed E-state index contributed by atoms with van der Waals surface area (Å²) in [5.41, 5.74) is 2.94. The summed E-state index contributed by atoms with van der Waals surface area (Å²) in [5, 5.41) is 0. The normalized spacial score (nSPS) is 11.4. The van der Waals surface area contributed by atoms with Gasteiger partial charge in [-0.2, -0.15) is 13.2 Å². The van der Waals surface area contributed by atoms with Crippen molar-refractivity contribution in [3.63, 3.8) is 0 Å². The van der Waals surface area contributed by atoms with Gasteiger partial charge >= 0.3 is 6.18 Å². The van der Waals surface area contributed by atoms with Gasteiger partial charge in [0, 0.05) is 5.56 Å². The number of halogens is 4. The third kappa shape index (κ3) is 2.61. The van der Waals surface area contributed by atoms with Gasteiger partial charge in [-0.1, -0.05) is 12.1 Å². The standard InChI is InChI=1S/C13H8F4N2O/c14-9-4-2-1-3-7(9)11-8(12(18)20)5-6-10(19-11)13(15,16)17/h1-6H,(H2,18,20). The van der Waals surface area contributed by atoms with E-state index in [9.17, 15) is 22.4 Å². The van der Waals surface area contributed by atoms with Crippen LogP contribution >= 0.6 is 0 Å². The van der Waals surface area contributed by atoms with Crippen LogP contribution in [0.4, 0.5) is 17.6 Å². The van der Waals surface area contributed by atoms with Crippen molar-refractivity contribution in [3.8, 4) is 11.3 Å². The maximum atomic E-state index is 13.7. The second-order valence-electron chi connectivity index (χ2n) is 3.93. The summed E-state index contributed by atoms with van der Waals surface area (Å²) < 4.78 is 51.6. The number of carbonyl (C=O) groups is 1. The number of pyridine rings is 1. The molecule has 104 valence electrons. The molecule has 0 saturated heterocycles. The highest BCUT2D eigenvalue weighted by Crippen LogP contribution is 2.31. The number of primary amides is 1. The minimum Gasteiger partial charge on any atom is -0.366 e. The van der Waals surface area contributed by atoms with Crippen LogP contribution in [0.5, 0.6) is 0 Å². The van der Waals surface area contributed by atoms with Crippen molar-refractivity contribution in [2.45, 2.75) is 6.18 Å². The molecule has 0 saturated carbocycles. The van der Waals surface area contributed by atoms with E-state index in [-0.39, 0.29) is 11.1 Å². The number of rotatable bonds is 2. The summed E-state index contributed by atoms with van der Waals surface area (Å²) in [6, 6.07) is 6.60. The Hall–Kier alpha value is -2.44. The van der Waals surface area contributed by atoms with E-state index in [0.717, 1.165) is 12.1 Å². The first-order valence-corrected chi connectivity index (χ1v) is 5.43. The van der Waals surface area contributed by atoms with E-state index in [2.05, 4.69) is 4.98 Å². The summed E-state index contributed by atoms with van der Waals surface area (Å²) in [6.45, 7) is 0. The van der Waals surface area contributed by atoms with Crippen LogP contribution in [0, 0.1) is 5.82 Å². The van der Waals surface area contributed by atoms with Crippen LogP contribution < -0.4 is 5.73 Å². The fourth-order valence-electron chi connectivity index (χ4n) is 1.67. The Morgan fingerprint density at radius 1 is 1.10 bits per heavy atom. The van der Waals surface area contributed by atoms with Gasteiger partial charge in [-0.3, -0.25) is 4.79 Å².